The summed E-state index contributed by atoms with van der Waals surface area (Å²) >= 11 is 0. The molecule has 0 saturated carbocycles. The van der Waals surface area contributed by atoms with Gasteiger partial charge in [0.15, 0.2) is 5.78 Å². The maximum atomic E-state index is 12.4. The Labute approximate surface area is 172 Å². The molecule has 1 rings (SSSR count). The van der Waals surface area contributed by atoms with Crippen molar-refractivity contribution < 1.29 is 9.21 Å². The highest BCUT2D eigenvalue weighted by Crippen LogP contribution is 2.22. The molecular formula is C26H40O2. The first kappa shape index (κ1) is 24.2. The molecule has 1 aromatic heterocycles. The molecule has 0 spiro atoms. The number of carbonyl (C=O) groups excluding carboxylic acids is 1. The molecule has 2 unspecified atom stereocenters. The zero-order valence-corrected chi connectivity index (χ0v) is 19.1. The predicted octanol–water partition coefficient (Wildman–Crippen LogP) is 7.95. The van der Waals surface area contributed by atoms with Gasteiger partial charge in [0, 0.05) is 18.4 Å². The maximum absolute atomic E-state index is 12.4. The van der Waals surface area contributed by atoms with E-state index in [4.69, 9.17) is 4.42 Å². The van der Waals surface area contributed by atoms with Crippen LogP contribution in [0.2, 0.25) is 0 Å². The molecule has 1 aromatic rings. The minimum Gasteiger partial charge on any atom is -0.469 e. The van der Waals surface area contributed by atoms with E-state index in [1.54, 1.807) is 12.3 Å². The predicted molar refractivity (Wildman–Crippen MR) is 121 cm³/mol. The van der Waals surface area contributed by atoms with Crippen LogP contribution in [0.1, 0.15) is 91.9 Å². The van der Waals surface area contributed by atoms with Crippen molar-refractivity contribution in [3.63, 3.8) is 0 Å². The van der Waals surface area contributed by atoms with Crippen molar-refractivity contribution in [3.05, 3.63) is 53.0 Å². The maximum Gasteiger partial charge on any atom is 0.156 e. The summed E-state index contributed by atoms with van der Waals surface area (Å²) in [4.78, 5) is 12.4. The van der Waals surface area contributed by atoms with Crippen molar-refractivity contribution >= 4 is 11.4 Å². The van der Waals surface area contributed by atoms with E-state index < -0.39 is 0 Å². The van der Waals surface area contributed by atoms with Crippen LogP contribution in [0, 0.1) is 11.8 Å². The summed E-state index contributed by atoms with van der Waals surface area (Å²) in [6.45, 7) is 14.9. The van der Waals surface area contributed by atoms with E-state index in [0.29, 0.717) is 18.3 Å². The Balaban J connectivity index is 2.53. The van der Waals surface area contributed by atoms with Gasteiger partial charge in [-0.15, -0.1) is 0 Å². The van der Waals surface area contributed by atoms with E-state index in [-0.39, 0.29) is 5.78 Å². The Morgan fingerprint density at radius 3 is 2.11 bits per heavy atom. The molecule has 2 heteroatoms. The molecule has 0 amide bonds. The lowest BCUT2D eigenvalue weighted by atomic mass is 9.96. The number of carbonyl (C=O) groups is 1. The third-order valence-electron chi connectivity index (χ3n) is 5.01. The molecule has 0 N–H and O–H groups in total. The lowest BCUT2D eigenvalue weighted by Gasteiger charge is -2.08. The SMILES string of the molecule is CC(C)=CCCC(C)CC(=O)/C=C(\C)c1coc(CC(C)CCC=C(C)C)c1. The van der Waals surface area contributed by atoms with Crippen LogP contribution in [0.25, 0.3) is 5.57 Å². The molecule has 2 nitrogen and oxygen atoms in total. The summed E-state index contributed by atoms with van der Waals surface area (Å²) in [5, 5.41) is 0. The molecule has 0 aliphatic carbocycles. The Bertz CT molecular complexity index is 692. The van der Waals surface area contributed by atoms with Crippen LogP contribution in [0.3, 0.4) is 0 Å². The lowest BCUT2D eigenvalue weighted by Crippen LogP contribution is -2.03. The van der Waals surface area contributed by atoms with Gasteiger partial charge >= 0.3 is 0 Å². The van der Waals surface area contributed by atoms with E-state index in [2.05, 4.69) is 59.8 Å². The normalized spacial score (nSPS) is 13.8. The van der Waals surface area contributed by atoms with Gasteiger partial charge < -0.3 is 4.42 Å². The van der Waals surface area contributed by atoms with Crippen molar-refractivity contribution in [1.82, 2.24) is 0 Å². The molecule has 0 aliphatic heterocycles. The number of hydrogen-bond donors (Lipinski definition) is 0. The fourth-order valence-electron chi connectivity index (χ4n) is 3.28. The highest BCUT2D eigenvalue weighted by Gasteiger charge is 2.11. The van der Waals surface area contributed by atoms with Crippen LogP contribution < -0.4 is 0 Å². The lowest BCUT2D eigenvalue weighted by molar-refractivity contribution is -0.115. The number of ketones is 1. The van der Waals surface area contributed by atoms with Crippen LogP contribution in [-0.4, -0.2) is 5.78 Å². The van der Waals surface area contributed by atoms with E-state index in [1.165, 1.54) is 17.6 Å². The molecule has 0 radical (unpaired) electrons. The van der Waals surface area contributed by atoms with E-state index in [1.807, 2.05) is 6.92 Å². The van der Waals surface area contributed by atoms with Gasteiger partial charge in [-0.3, -0.25) is 4.79 Å². The molecule has 0 bridgehead atoms. The van der Waals surface area contributed by atoms with Crippen LogP contribution in [-0.2, 0) is 11.2 Å². The third kappa shape index (κ3) is 10.5. The van der Waals surface area contributed by atoms with Gasteiger partial charge in [-0.25, -0.2) is 0 Å². The molecule has 0 saturated heterocycles. The number of furan rings is 1. The smallest absolute Gasteiger partial charge is 0.156 e. The molecule has 2 atom stereocenters. The minimum atomic E-state index is 0.208. The van der Waals surface area contributed by atoms with Gasteiger partial charge in [-0.1, -0.05) is 37.1 Å². The van der Waals surface area contributed by atoms with E-state index in [0.717, 1.165) is 42.6 Å². The largest absolute Gasteiger partial charge is 0.469 e. The van der Waals surface area contributed by atoms with Crippen LogP contribution >= 0.6 is 0 Å². The van der Waals surface area contributed by atoms with Gasteiger partial charge in [0.1, 0.15) is 5.76 Å². The Kier molecular flexibility index (Phi) is 10.9. The second-order valence-electron chi connectivity index (χ2n) is 8.93. The Morgan fingerprint density at radius 1 is 0.964 bits per heavy atom. The first-order valence-electron chi connectivity index (χ1n) is 10.7. The van der Waals surface area contributed by atoms with E-state index >= 15 is 0 Å². The second kappa shape index (κ2) is 12.6. The summed E-state index contributed by atoms with van der Waals surface area (Å²) in [5.74, 6) is 2.21. The number of hydrogen-bond acceptors (Lipinski definition) is 2. The van der Waals surface area contributed by atoms with Crippen molar-refractivity contribution in [3.8, 4) is 0 Å². The zero-order valence-electron chi connectivity index (χ0n) is 19.1. The fourth-order valence-corrected chi connectivity index (χ4v) is 3.28. The summed E-state index contributed by atoms with van der Waals surface area (Å²) in [5.41, 5.74) is 4.74. The molecular weight excluding hydrogens is 344 g/mol. The summed E-state index contributed by atoms with van der Waals surface area (Å²) in [7, 11) is 0. The van der Waals surface area contributed by atoms with Crippen molar-refractivity contribution in [2.24, 2.45) is 11.8 Å². The van der Waals surface area contributed by atoms with Gasteiger partial charge in [0.2, 0.25) is 0 Å². The zero-order chi connectivity index (χ0) is 21.1. The van der Waals surface area contributed by atoms with Crippen LogP contribution in [0.15, 0.2) is 46.1 Å². The Morgan fingerprint density at radius 2 is 1.54 bits per heavy atom. The monoisotopic (exact) mass is 384 g/mol. The number of rotatable bonds is 12. The molecule has 1 heterocycles. The quantitative estimate of drug-likeness (QED) is 0.270. The molecule has 0 aromatic carbocycles. The standard InChI is InChI=1S/C26H40O2/c1-19(2)10-8-12-21(5)14-25(27)16-23(7)24-17-26(28-18-24)15-22(6)13-9-11-20(3)4/h10-11,16-18,21-22H,8-9,12-15H2,1-7H3/b23-16+. The summed E-state index contributed by atoms with van der Waals surface area (Å²) < 4.78 is 5.75. The van der Waals surface area contributed by atoms with Crippen LogP contribution in [0.4, 0.5) is 0 Å². The molecule has 0 aliphatic rings. The summed E-state index contributed by atoms with van der Waals surface area (Å²) in [6, 6.07) is 2.09. The van der Waals surface area contributed by atoms with Gasteiger partial charge in [-0.05, 0) is 89.9 Å². The fraction of sp³-hybridized carbons (Fsp3) is 0.577. The molecule has 0 fully saturated rings. The number of allylic oxidation sites excluding steroid dienone is 6. The highest BCUT2D eigenvalue weighted by atomic mass is 16.3. The van der Waals surface area contributed by atoms with Crippen molar-refractivity contribution in [2.75, 3.05) is 0 Å². The first-order chi connectivity index (χ1) is 13.2. The highest BCUT2D eigenvalue weighted by molar-refractivity contribution is 5.96. The van der Waals surface area contributed by atoms with Gasteiger partial charge in [0.25, 0.3) is 0 Å². The first-order valence-corrected chi connectivity index (χ1v) is 10.7. The van der Waals surface area contributed by atoms with Crippen LogP contribution in [0.5, 0.6) is 0 Å². The average Bonchev–Trinajstić information content (AvgIpc) is 3.02. The van der Waals surface area contributed by atoms with Crippen molar-refractivity contribution in [1.29, 1.82) is 0 Å². The van der Waals surface area contributed by atoms with Gasteiger partial charge in [-0.2, -0.15) is 0 Å². The minimum absolute atomic E-state index is 0.208. The van der Waals surface area contributed by atoms with Crippen molar-refractivity contribution in [2.45, 2.75) is 87.0 Å². The summed E-state index contributed by atoms with van der Waals surface area (Å²) in [6.07, 6.45) is 14.1. The Hall–Kier alpha value is -1.83. The molecule has 156 valence electrons. The molecule has 28 heavy (non-hydrogen) atoms. The topological polar surface area (TPSA) is 30.2 Å². The average molecular weight is 385 g/mol. The van der Waals surface area contributed by atoms with Gasteiger partial charge in [0.05, 0.1) is 6.26 Å². The van der Waals surface area contributed by atoms with E-state index in [9.17, 15) is 4.79 Å². The third-order valence-corrected chi connectivity index (χ3v) is 5.01. The second-order valence-corrected chi connectivity index (χ2v) is 8.93.